The highest BCUT2D eigenvalue weighted by molar-refractivity contribution is 6.13. The van der Waals surface area contributed by atoms with Crippen molar-refractivity contribution in [3.63, 3.8) is 0 Å². The Morgan fingerprint density at radius 3 is 2.40 bits per heavy atom. The predicted molar refractivity (Wildman–Crippen MR) is 96.4 cm³/mol. The molecule has 0 aliphatic carbocycles. The number of nitrogens with one attached hydrogen (secondary N) is 1. The maximum Gasteiger partial charge on any atom is 0.259 e. The van der Waals surface area contributed by atoms with Crippen LogP contribution in [0.15, 0.2) is 71.3 Å². The molecular formula is C20H15N3O2. The van der Waals surface area contributed by atoms with Gasteiger partial charge in [-0.1, -0.05) is 53.7 Å². The Morgan fingerprint density at radius 1 is 1.00 bits per heavy atom. The van der Waals surface area contributed by atoms with Gasteiger partial charge in [-0.2, -0.15) is 0 Å². The van der Waals surface area contributed by atoms with Gasteiger partial charge in [-0.05, 0) is 25.1 Å². The van der Waals surface area contributed by atoms with E-state index < -0.39 is 0 Å². The molecule has 0 aliphatic rings. The Hall–Kier alpha value is -3.47. The van der Waals surface area contributed by atoms with Gasteiger partial charge >= 0.3 is 0 Å². The number of benzene rings is 2. The van der Waals surface area contributed by atoms with Gasteiger partial charge in [0.1, 0.15) is 0 Å². The van der Waals surface area contributed by atoms with Crippen LogP contribution in [0.5, 0.6) is 0 Å². The number of carbonyl (C=O) groups excluding carboxylic acids is 1. The van der Waals surface area contributed by atoms with Gasteiger partial charge in [0.05, 0.1) is 22.3 Å². The van der Waals surface area contributed by atoms with E-state index in [0.29, 0.717) is 28.1 Å². The molecule has 0 spiro atoms. The minimum absolute atomic E-state index is 0.220. The summed E-state index contributed by atoms with van der Waals surface area (Å²) in [5.74, 6) is -0.220. The van der Waals surface area contributed by atoms with Crippen LogP contribution in [0.3, 0.4) is 0 Å². The third-order valence-corrected chi connectivity index (χ3v) is 3.96. The number of rotatable bonds is 3. The molecule has 25 heavy (non-hydrogen) atoms. The third kappa shape index (κ3) is 2.87. The van der Waals surface area contributed by atoms with Gasteiger partial charge in [-0.15, -0.1) is 0 Å². The molecule has 5 heteroatoms. The summed E-state index contributed by atoms with van der Waals surface area (Å²) in [7, 11) is 0. The highest BCUT2D eigenvalue weighted by atomic mass is 16.5. The lowest BCUT2D eigenvalue weighted by Gasteiger charge is -2.08. The van der Waals surface area contributed by atoms with Gasteiger partial charge in [0.15, 0.2) is 0 Å². The van der Waals surface area contributed by atoms with E-state index in [1.54, 1.807) is 13.0 Å². The number of nitrogens with zero attached hydrogens (tertiary/aromatic N) is 2. The van der Waals surface area contributed by atoms with Gasteiger partial charge in [-0.3, -0.25) is 4.79 Å². The number of hydrogen-bond acceptors (Lipinski definition) is 4. The summed E-state index contributed by atoms with van der Waals surface area (Å²) < 4.78 is 5.31. The Morgan fingerprint density at radius 2 is 1.68 bits per heavy atom. The average Bonchev–Trinajstić information content (AvgIpc) is 3.03. The SMILES string of the molecule is Cc1noc2nc(-c3ccccc3)cc(C(=O)Nc3ccccc3)c12. The van der Waals surface area contributed by atoms with Gasteiger partial charge in [0.25, 0.3) is 11.6 Å². The number of aryl methyl sites for hydroxylation is 1. The number of fused-ring (bicyclic) bond motifs is 1. The first-order valence-corrected chi connectivity index (χ1v) is 7.91. The number of carbonyl (C=O) groups is 1. The lowest BCUT2D eigenvalue weighted by atomic mass is 10.1. The Balaban J connectivity index is 1.83. The monoisotopic (exact) mass is 329 g/mol. The number of pyridine rings is 1. The standard InChI is InChI=1S/C20H15N3O2/c1-13-18-16(19(24)21-15-10-6-3-7-11-15)12-17(22-20(18)25-23-13)14-8-4-2-5-9-14/h2-12H,1H3,(H,21,24). The van der Waals surface area contributed by atoms with Crippen LogP contribution in [0.2, 0.25) is 0 Å². The molecule has 0 saturated heterocycles. The van der Waals surface area contributed by atoms with E-state index in [9.17, 15) is 4.79 Å². The van der Waals surface area contributed by atoms with Crippen LogP contribution >= 0.6 is 0 Å². The van der Waals surface area contributed by atoms with Crippen molar-refractivity contribution in [2.24, 2.45) is 0 Å². The summed E-state index contributed by atoms with van der Waals surface area (Å²) in [5.41, 5.74) is 3.80. The molecule has 0 bridgehead atoms. The summed E-state index contributed by atoms with van der Waals surface area (Å²) in [6.45, 7) is 1.80. The highest BCUT2D eigenvalue weighted by Crippen LogP contribution is 2.27. The van der Waals surface area contributed by atoms with Gasteiger partial charge in [0, 0.05) is 11.3 Å². The second-order valence-corrected chi connectivity index (χ2v) is 5.69. The molecule has 1 amide bonds. The number of para-hydroxylation sites is 1. The molecule has 5 nitrogen and oxygen atoms in total. The normalized spacial score (nSPS) is 10.8. The summed E-state index contributed by atoms with van der Waals surface area (Å²) in [6, 6.07) is 20.8. The molecule has 122 valence electrons. The number of amides is 1. The molecule has 0 radical (unpaired) electrons. The average molecular weight is 329 g/mol. The smallest absolute Gasteiger partial charge is 0.259 e. The molecule has 2 aromatic carbocycles. The molecular weight excluding hydrogens is 314 g/mol. The molecule has 1 N–H and O–H groups in total. The Bertz CT molecular complexity index is 1040. The van der Waals surface area contributed by atoms with Crippen molar-refractivity contribution in [3.8, 4) is 11.3 Å². The molecule has 0 atom stereocenters. The van der Waals surface area contributed by atoms with Crippen LogP contribution in [0, 0.1) is 6.92 Å². The minimum Gasteiger partial charge on any atom is -0.335 e. The fourth-order valence-electron chi connectivity index (χ4n) is 2.75. The maximum absolute atomic E-state index is 12.9. The zero-order chi connectivity index (χ0) is 17.2. The third-order valence-electron chi connectivity index (χ3n) is 3.96. The first-order valence-electron chi connectivity index (χ1n) is 7.91. The van der Waals surface area contributed by atoms with Crippen LogP contribution in [0.4, 0.5) is 5.69 Å². The van der Waals surface area contributed by atoms with Crippen LogP contribution in [0.1, 0.15) is 16.1 Å². The van der Waals surface area contributed by atoms with Gasteiger partial charge in [0.2, 0.25) is 0 Å². The van der Waals surface area contributed by atoms with Gasteiger partial charge in [-0.25, -0.2) is 4.98 Å². The Labute approximate surface area is 144 Å². The van der Waals surface area contributed by atoms with Crippen molar-refractivity contribution in [1.82, 2.24) is 10.1 Å². The van der Waals surface area contributed by atoms with Crippen LogP contribution < -0.4 is 5.32 Å². The van der Waals surface area contributed by atoms with Crippen LogP contribution in [0.25, 0.3) is 22.4 Å². The lowest BCUT2D eigenvalue weighted by Crippen LogP contribution is -2.13. The molecule has 2 aromatic heterocycles. The summed E-state index contributed by atoms with van der Waals surface area (Å²) in [4.78, 5) is 17.4. The van der Waals surface area contributed by atoms with Crippen LogP contribution in [-0.4, -0.2) is 16.0 Å². The molecule has 0 saturated carbocycles. The fraction of sp³-hybridized carbons (Fsp3) is 0.0500. The summed E-state index contributed by atoms with van der Waals surface area (Å²) in [5, 5.41) is 7.51. The lowest BCUT2D eigenvalue weighted by molar-refractivity contribution is 0.102. The molecule has 2 heterocycles. The van der Waals surface area contributed by atoms with E-state index in [4.69, 9.17) is 4.52 Å². The van der Waals surface area contributed by atoms with Gasteiger partial charge < -0.3 is 9.84 Å². The summed E-state index contributed by atoms with van der Waals surface area (Å²) >= 11 is 0. The Kier molecular flexibility index (Phi) is 3.74. The van der Waals surface area contributed by atoms with E-state index in [2.05, 4.69) is 15.5 Å². The highest BCUT2D eigenvalue weighted by Gasteiger charge is 2.19. The summed E-state index contributed by atoms with van der Waals surface area (Å²) in [6.07, 6.45) is 0. The predicted octanol–water partition coefficient (Wildman–Crippen LogP) is 4.45. The zero-order valence-corrected chi connectivity index (χ0v) is 13.6. The molecule has 0 unspecified atom stereocenters. The fourth-order valence-corrected chi connectivity index (χ4v) is 2.75. The van der Waals surface area contributed by atoms with Crippen molar-refractivity contribution in [3.05, 3.63) is 78.0 Å². The first-order chi connectivity index (χ1) is 12.2. The molecule has 0 aliphatic heterocycles. The topological polar surface area (TPSA) is 68.0 Å². The van der Waals surface area contributed by atoms with E-state index >= 15 is 0 Å². The van der Waals surface area contributed by atoms with Crippen molar-refractivity contribution < 1.29 is 9.32 Å². The van der Waals surface area contributed by atoms with Crippen molar-refractivity contribution in [1.29, 1.82) is 0 Å². The van der Waals surface area contributed by atoms with E-state index in [-0.39, 0.29) is 5.91 Å². The second kappa shape index (κ2) is 6.20. The molecule has 4 rings (SSSR count). The largest absolute Gasteiger partial charge is 0.335 e. The van der Waals surface area contributed by atoms with Crippen molar-refractivity contribution >= 4 is 22.7 Å². The van der Waals surface area contributed by atoms with E-state index in [0.717, 1.165) is 11.3 Å². The maximum atomic E-state index is 12.9. The van der Waals surface area contributed by atoms with Crippen molar-refractivity contribution in [2.75, 3.05) is 5.32 Å². The zero-order valence-electron chi connectivity index (χ0n) is 13.6. The number of hydrogen-bond donors (Lipinski definition) is 1. The first kappa shape index (κ1) is 15.1. The number of anilines is 1. The minimum atomic E-state index is -0.220. The van der Waals surface area contributed by atoms with E-state index in [1.807, 2.05) is 60.7 Å². The molecule has 0 fully saturated rings. The van der Waals surface area contributed by atoms with Crippen LogP contribution in [-0.2, 0) is 0 Å². The number of aromatic nitrogens is 2. The quantitative estimate of drug-likeness (QED) is 0.603. The second-order valence-electron chi connectivity index (χ2n) is 5.69. The molecule has 4 aromatic rings. The van der Waals surface area contributed by atoms with E-state index in [1.165, 1.54) is 0 Å². The van der Waals surface area contributed by atoms with Crippen molar-refractivity contribution in [2.45, 2.75) is 6.92 Å².